The summed E-state index contributed by atoms with van der Waals surface area (Å²) >= 11 is 1.43. The number of hydrogen-bond donors (Lipinski definition) is 1. The standard InChI is InChI=1S/C15H15NO3S/c1-3-10-8-9-20-13(10)14(17)16(2)12-6-4-11(5-7-12)15(18)19/h4-9H,3H2,1-2H3,(H,18,19). The highest BCUT2D eigenvalue weighted by Gasteiger charge is 2.18. The van der Waals surface area contributed by atoms with Crippen molar-refractivity contribution >= 4 is 28.9 Å². The number of rotatable bonds is 4. The molecule has 4 nitrogen and oxygen atoms in total. The Morgan fingerprint density at radius 2 is 1.85 bits per heavy atom. The lowest BCUT2D eigenvalue weighted by Gasteiger charge is -2.17. The van der Waals surface area contributed by atoms with E-state index in [-0.39, 0.29) is 11.5 Å². The molecule has 1 N–H and O–H groups in total. The Labute approximate surface area is 121 Å². The monoisotopic (exact) mass is 289 g/mol. The molecule has 1 aromatic heterocycles. The van der Waals surface area contributed by atoms with Gasteiger partial charge in [0.05, 0.1) is 10.4 Å². The third kappa shape index (κ3) is 2.72. The van der Waals surface area contributed by atoms with Crippen molar-refractivity contribution in [3.63, 3.8) is 0 Å². The molecule has 5 heteroatoms. The quantitative estimate of drug-likeness (QED) is 0.939. The van der Waals surface area contributed by atoms with Crippen molar-refractivity contribution in [1.82, 2.24) is 0 Å². The summed E-state index contributed by atoms with van der Waals surface area (Å²) in [6, 6.07) is 8.23. The van der Waals surface area contributed by atoms with Crippen molar-refractivity contribution in [3.05, 3.63) is 51.7 Å². The normalized spacial score (nSPS) is 10.3. The molecule has 0 fully saturated rings. The Hall–Kier alpha value is -2.14. The summed E-state index contributed by atoms with van der Waals surface area (Å²) in [6.45, 7) is 2.01. The van der Waals surface area contributed by atoms with Crippen molar-refractivity contribution in [2.24, 2.45) is 0 Å². The summed E-state index contributed by atoms with van der Waals surface area (Å²) < 4.78 is 0. The number of nitrogens with zero attached hydrogens (tertiary/aromatic N) is 1. The number of thiophene rings is 1. The van der Waals surface area contributed by atoms with Gasteiger partial charge in [-0.05, 0) is 47.7 Å². The molecule has 2 rings (SSSR count). The molecular formula is C15H15NO3S. The van der Waals surface area contributed by atoms with Crippen LogP contribution < -0.4 is 4.90 Å². The van der Waals surface area contributed by atoms with Crippen LogP contribution in [-0.2, 0) is 6.42 Å². The van der Waals surface area contributed by atoms with Crippen molar-refractivity contribution < 1.29 is 14.7 Å². The second-order valence-electron chi connectivity index (χ2n) is 4.34. The maximum Gasteiger partial charge on any atom is 0.335 e. The van der Waals surface area contributed by atoms with Gasteiger partial charge in [-0.2, -0.15) is 0 Å². The van der Waals surface area contributed by atoms with Crippen molar-refractivity contribution in [1.29, 1.82) is 0 Å². The third-order valence-corrected chi connectivity index (χ3v) is 4.07. The van der Waals surface area contributed by atoms with Crippen LogP contribution in [0.2, 0.25) is 0 Å². The number of amides is 1. The number of benzene rings is 1. The van der Waals surface area contributed by atoms with E-state index in [2.05, 4.69) is 0 Å². The molecule has 0 bridgehead atoms. The first-order valence-electron chi connectivity index (χ1n) is 6.22. The van der Waals surface area contributed by atoms with E-state index in [9.17, 15) is 9.59 Å². The van der Waals surface area contributed by atoms with E-state index < -0.39 is 5.97 Å². The molecule has 0 aliphatic rings. The first-order chi connectivity index (χ1) is 9.54. The number of carbonyl (C=O) groups is 2. The average Bonchev–Trinajstić information content (AvgIpc) is 2.94. The highest BCUT2D eigenvalue weighted by Crippen LogP contribution is 2.22. The van der Waals surface area contributed by atoms with Crippen LogP contribution in [0.15, 0.2) is 35.7 Å². The zero-order valence-electron chi connectivity index (χ0n) is 11.3. The summed E-state index contributed by atoms with van der Waals surface area (Å²) in [4.78, 5) is 25.5. The van der Waals surface area contributed by atoms with E-state index in [4.69, 9.17) is 5.11 Å². The van der Waals surface area contributed by atoms with Crippen LogP contribution in [0, 0.1) is 0 Å². The van der Waals surface area contributed by atoms with Gasteiger partial charge in [0.15, 0.2) is 0 Å². The van der Waals surface area contributed by atoms with Crippen LogP contribution in [0.4, 0.5) is 5.69 Å². The molecule has 2 aromatic rings. The minimum atomic E-state index is -0.975. The van der Waals surface area contributed by atoms with E-state index in [1.165, 1.54) is 28.4 Å². The molecule has 0 unspecified atom stereocenters. The van der Waals surface area contributed by atoms with E-state index >= 15 is 0 Å². The summed E-state index contributed by atoms with van der Waals surface area (Å²) in [6.07, 6.45) is 0.816. The molecule has 104 valence electrons. The number of hydrogen-bond acceptors (Lipinski definition) is 3. The Kier molecular flexibility index (Phi) is 4.20. The number of carboxylic acids is 1. The lowest BCUT2D eigenvalue weighted by Crippen LogP contribution is -2.26. The van der Waals surface area contributed by atoms with Crippen LogP contribution in [0.5, 0.6) is 0 Å². The summed E-state index contributed by atoms with van der Waals surface area (Å²) in [5.74, 6) is -1.04. The Morgan fingerprint density at radius 3 is 2.40 bits per heavy atom. The SMILES string of the molecule is CCc1ccsc1C(=O)N(C)c1ccc(C(=O)O)cc1. The Balaban J connectivity index is 2.24. The first kappa shape index (κ1) is 14.3. The molecular weight excluding hydrogens is 274 g/mol. The van der Waals surface area contributed by atoms with Crippen LogP contribution in [0.1, 0.15) is 32.5 Å². The fourth-order valence-electron chi connectivity index (χ4n) is 1.90. The lowest BCUT2D eigenvalue weighted by atomic mass is 10.1. The molecule has 1 aromatic carbocycles. The predicted molar refractivity (Wildman–Crippen MR) is 79.8 cm³/mol. The number of carbonyl (C=O) groups excluding carboxylic acids is 1. The maximum atomic E-state index is 12.4. The van der Waals surface area contributed by atoms with Crippen molar-refractivity contribution in [2.45, 2.75) is 13.3 Å². The van der Waals surface area contributed by atoms with E-state index in [0.717, 1.165) is 16.9 Å². The second-order valence-corrected chi connectivity index (χ2v) is 5.26. The van der Waals surface area contributed by atoms with Gasteiger partial charge in [0.1, 0.15) is 0 Å². The van der Waals surface area contributed by atoms with Gasteiger partial charge in [0, 0.05) is 12.7 Å². The van der Waals surface area contributed by atoms with E-state index in [1.54, 1.807) is 19.2 Å². The number of anilines is 1. The fourth-order valence-corrected chi connectivity index (χ4v) is 2.87. The molecule has 0 radical (unpaired) electrons. The van der Waals surface area contributed by atoms with Crippen molar-refractivity contribution in [3.8, 4) is 0 Å². The van der Waals surface area contributed by atoms with Crippen LogP contribution in [0.25, 0.3) is 0 Å². The zero-order valence-corrected chi connectivity index (χ0v) is 12.1. The van der Waals surface area contributed by atoms with Gasteiger partial charge >= 0.3 is 5.97 Å². The smallest absolute Gasteiger partial charge is 0.335 e. The highest BCUT2D eigenvalue weighted by atomic mass is 32.1. The van der Waals surface area contributed by atoms with Crippen molar-refractivity contribution in [2.75, 3.05) is 11.9 Å². The van der Waals surface area contributed by atoms with Gasteiger partial charge in [0.25, 0.3) is 5.91 Å². The zero-order chi connectivity index (χ0) is 14.7. The summed E-state index contributed by atoms with van der Waals surface area (Å²) in [5.41, 5.74) is 1.92. The lowest BCUT2D eigenvalue weighted by molar-refractivity contribution is 0.0696. The summed E-state index contributed by atoms with van der Waals surface area (Å²) in [7, 11) is 1.69. The number of aromatic carboxylic acids is 1. The van der Waals surface area contributed by atoms with Gasteiger partial charge < -0.3 is 10.0 Å². The van der Waals surface area contributed by atoms with Crippen LogP contribution >= 0.6 is 11.3 Å². The molecule has 1 amide bonds. The summed E-state index contributed by atoms with van der Waals surface area (Å²) in [5, 5.41) is 10.8. The molecule has 1 heterocycles. The molecule has 0 atom stereocenters. The molecule has 0 aliphatic heterocycles. The minimum absolute atomic E-state index is 0.0695. The largest absolute Gasteiger partial charge is 0.478 e. The third-order valence-electron chi connectivity index (χ3n) is 3.13. The second kappa shape index (κ2) is 5.88. The predicted octanol–water partition coefficient (Wildman–Crippen LogP) is 3.29. The highest BCUT2D eigenvalue weighted by molar-refractivity contribution is 7.12. The molecule has 20 heavy (non-hydrogen) atoms. The van der Waals surface area contributed by atoms with E-state index in [0.29, 0.717) is 5.69 Å². The molecule has 0 saturated carbocycles. The van der Waals surface area contributed by atoms with Gasteiger partial charge in [0.2, 0.25) is 0 Å². The van der Waals surface area contributed by atoms with Crippen LogP contribution in [-0.4, -0.2) is 24.0 Å². The van der Waals surface area contributed by atoms with Gasteiger partial charge in [-0.1, -0.05) is 6.92 Å². The fraction of sp³-hybridized carbons (Fsp3) is 0.200. The topological polar surface area (TPSA) is 57.6 Å². The molecule has 0 saturated heterocycles. The van der Waals surface area contributed by atoms with Gasteiger partial charge in [-0.15, -0.1) is 11.3 Å². The number of aryl methyl sites for hydroxylation is 1. The molecule has 0 aliphatic carbocycles. The van der Waals surface area contributed by atoms with E-state index in [1.807, 2.05) is 18.4 Å². The average molecular weight is 289 g/mol. The number of carboxylic acid groups (broad SMARTS) is 1. The molecule has 0 spiro atoms. The van der Waals surface area contributed by atoms with Gasteiger partial charge in [-0.3, -0.25) is 4.79 Å². The maximum absolute atomic E-state index is 12.4. The minimum Gasteiger partial charge on any atom is -0.478 e. The van der Waals surface area contributed by atoms with Gasteiger partial charge in [-0.25, -0.2) is 4.79 Å². The Morgan fingerprint density at radius 1 is 1.20 bits per heavy atom. The van der Waals surface area contributed by atoms with Crippen LogP contribution in [0.3, 0.4) is 0 Å². The Bertz CT molecular complexity index is 631. The first-order valence-corrected chi connectivity index (χ1v) is 7.10.